The van der Waals surface area contributed by atoms with Gasteiger partial charge in [0.2, 0.25) is 5.60 Å². The molecule has 1 aliphatic rings. The van der Waals surface area contributed by atoms with Crippen molar-refractivity contribution in [2.75, 3.05) is 24.6 Å². The smallest absolute Gasteiger partial charge is 0.341 e. The van der Waals surface area contributed by atoms with E-state index in [2.05, 4.69) is 73.6 Å². The molecule has 0 saturated heterocycles. The van der Waals surface area contributed by atoms with Crippen LogP contribution in [0.5, 0.6) is 5.75 Å². The van der Waals surface area contributed by atoms with Gasteiger partial charge in [-0.25, -0.2) is 4.79 Å². The lowest BCUT2D eigenvalue weighted by Crippen LogP contribution is -2.32. The summed E-state index contributed by atoms with van der Waals surface area (Å²) in [6.07, 6.45) is 2.73. The van der Waals surface area contributed by atoms with E-state index in [-0.39, 0.29) is 5.97 Å². The number of ether oxygens (including phenoxy) is 2. The standard InChI is InChI=1S/C31H35N3O3/c1-6-19-34-21(5)28(23-13-10-11-15-26(23)34)31(29-24(30(35)37-31)14-12-18-32-29)25-17-16-22(33(7-2)8-3)20-27(25)36-9-4/h10-18,20H,6-9,19H2,1-5H3. The summed E-state index contributed by atoms with van der Waals surface area (Å²) in [6.45, 7) is 13.7. The minimum Gasteiger partial charge on any atom is -0.493 e. The first-order valence-electron chi connectivity index (χ1n) is 13.3. The molecule has 192 valence electrons. The van der Waals surface area contributed by atoms with Gasteiger partial charge in [0.25, 0.3) is 0 Å². The van der Waals surface area contributed by atoms with Crippen LogP contribution in [0.3, 0.4) is 0 Å². The van der Waals surface area contributed by atoms with Crippen LogP contribution in [0.15, 0.2) is 60.8 Å². The Morgan fingerprint density at radius 3 is 2.54 bits per heavy atom. The Balaban J connectivity index is 1.90. The minimum absolute atomic E-state index is 0.370. The van der Waals surface area contributed by atoms with E-state index in [4.69, 9.17) is 14.5 Å². The summed E-state index contributed by atoms with van der Waals surface area (Å²) in [5, 5.41) is 1.05. The lowest BCUT2D eigenvalue weighted by Gasteiger charge is -2.32. The molecular weight excluding hydrogens is 462 g/mol. The Bertz CT molecular complexity index is 1450. The molecular formula is C31H35N3O3. The molecule has 0 aliphatic carbocycles. The number of benzene rings is 2. The van der Waals surface area contributed by atoms with Crippen molar-refractivity contribution in [3.8, 4) is 5.75 Å². The third-order valence-corrected chi connectivity index (χ3v) is 7.41. The molecule has 0 fully saturated rings. The zero-order valence-electron chi connectivity index (χ0n) is 22.4. The molecule has 4 aromatic rings. The third kappa shape index (κ3) is 3.78. The number of aryl methyl sites for hydroxylation is 1. The monoisotopic (exact) mass is 497 g/mol. The van der Waals surface area contributed by atoms with Crippen LogP contribution in [0.1, 0.15) is 67.0 Å². The Hall–Kier alpha value is -3.80. The highest BCUT2D eigenvalue weighted by atomic mass is 16.6. The quantitative estimate of drug-likeness (QED) is 0.248. The van der Waals surface area contributed by atoms with Crippen LogP contribution in [0.2, 0.25) is 0 Å². The molecule has 0 saturated carbocycles. The predicted octanol–water partition coefficient (Wildman–Crippen LogP) is 6.46. The van der Waals surface area contributed by atoms with E-state index in [1.54, 1.807) is 18.3 Å². The fraction of sp³-hybridized carbons (Fsp3) is 0.355. The number of cyclic esters (lactones) is 1. The van der Waals surface area contributed by atoms with Crippen molar-refractivity contribution in [3.05, 3.63) is 88.9 Å². The second kappa shape index (κ2) is 9.92. The molecule has 37 heavy (non-hydrogen) atoms. The number of carbonyl (C=O) groups is 1. The van der Waals surface area contributed by atoms with E-state index in [0.717, 1.165) is 59.5 Å². The summed E-state index contributed by atoms with van der Waals surface area (Å²) in [5.41, 5.74) is 4.85. The van der Waals surface area contributed by atoms with Gasteiger partial charge in [-0.3, -0.25) is 4.98 Å². The molecule has 1 unspecified atom stereocenters. The summed E-state index contributed by atoms with van der Waals surface area (Å²) in [6, 6.07) is 18.2. The van der Waals surface area contributed by atoms with Crippen molar-refractivity contribution in [1.29, 1.82) is 0 Å². The zero-order chi connectivity index (χ0) is 26.2. The van der Waals surface area contributed by atoms with Gasteiger partial charge in [0.05, 0.1) is 12.2 Å². The summed E-state index contributed by atoms with van der Waals surface area (Å²) in [4.78, 5) is 20.5. The number of hydrogen-bond acceptors (Lipinski definition) is 5. The Morgan fingerprint density at radius 1 is 1.03 bits per heavy atom. The number of esters is 1. The molecule has 5 rings (SSSR count). The first-order valence-corrected chi connectivity index (χ1v) is 13.3. The molecule has 2 aromatic heterocycles. The fourth-order valence-corrected chi connectivity index (χ4v) is 5.83. The molecule has 0 bridgehead atoms. The van der Waals surface area contributed by atoms with Crippen LogP contribution >= 0.6 is 0 Å². The van der Waals surface area contributed by atoms with E-state index in [1.807, 2.05) is 13.0 Å². The van der Waals surface area contributed by atoms with Gasteiger partial charge in [0.1, 0.15) is 11.4 Å². The van der Waals surface area contributed by atoms with Crippen LogP contribution in [-0.4, -0.2) is 35.2 Å². The second-order valence-corrected chi connectivity index (χ2v) is 9.39. The van der Waals surface area contributed by atoms with Crippen molar-refractivity contribution >= 4 is 22.6 Å². The number of carbonyl (C=O) groups excluding carboxylic acids is 1. The maximum absolute atomic E-state index is 13.4. The average Bonchev–Trinajstić information content (AvgIpc) is 3.37. The van der Waals surface area contributed by atoms with E-state index in [0.29, 0.717) is 23.6 Å². The summed E-state index contributed by atoms with van der Waals surface area (Å²) >= 11 is 0. The van der Waals surface area contributed by atoms with E-state index >= 15 is 0 Å². The van der Waals surface area contributed by atoms with Crippen molar-refractivity contribution < 1.29 is 14.3 Å². The maximum atomic E-state index is 13.4. The first kappa shape index (κ1) is 24.9. The highest BCUT2D eigenvalue weighted by molar-refractivity contribution is 5.98. The van der Waals surface area contributed by atoms with Gasteiger partial charge in [0.15, 0.2) is 0 Å². The van der Waals surface area contributed by atoms with Gasteiger partial charge in [-0.1, -0.05) is 25.1 Å². The highest BCUT2D eigenvalue weighted by Crippen LogP contribution is 2.52. The van der Waals surface area contributed by atoms with Gasteiger partial charge in [-0.2, -0.15) is 0 Å². The average molecular weight is 498 g/mol. The van der Waals surface area contributed by atoms with Crippen molar-refractivity contribution in [1.82, 2.24) is 9.55 Å². The third-order valence-electron chi connectivity index (χ3n) is 7.41. The zero-order valence-corrected chi connectivity index (χ0v) is 22.4. The van der Waals surface area contributed by atoms with Crippen LogP contribution in [0, 0.1) is 6.92 Å². The number of aromatic nitrogens is 2. The number of nitrogens with zero attached hydrogens (tertiary/aromatic N) is 3. The molecule has 2 aromatic carbocycles. The lowest BCUT2D eigenvalue weighted by molar-refractivity contribution is 0.0238. The molecule has 1 atom stereocenters. The molecule has 6 heteroatoms. The van der Waals surface area contributed by atoms with Gasteiger partial charge < -0.3 is 18.9 Å². The summed E-state index contributed by atoms with van der Waals surface area (Å²) in [5.74, 6) is 0.329. The Kier molecular flexibility index (Phi) is 6.67. The van der Waals surface area contributed by atoms with Crippen LogP contribution in [0.4, 0.5) is 5.69 Å². The Labute approximate surface area is 218 Å². The topological polar surface area (TPSA) is 56.6 Å². The second-order valence-electron chi connectivity index (χ2n) is 9.39. The number of para-hydroxylation sites is 1. The van der Waals surface area contributed by atoms with E-state index in [1.165, 1.54) is 0 Å². The molecule has 3 heterocycles. The number of rotatable bonds is 9. The van der Waals surface area contributed by atoms with E-state index in [9.17, 15) is 4.79 Å². The van der Waals surface area contributed by atoms with E-state index < -0.39 is 5.60 Å². The van der Waals surface area contributed by atoms with Gasteiger partial charge in [-0.15, -0.1) is 0 Å². The number of pyridine rings is 1. The number of anilines is 1. The Morgan fingerprint density at radius 2 is 1.81 bits per heavy atom. The van der Waals surface area contributed by atoms with Crippen molar-refractivity contribution in [3.63, 3.8) is 0 Å². The summed E-state index contributed by atoms with van der Waals surface area (Å²) in [7, 11) is 0. The molecule has 0 N–H and O–H groups in total. The first-order chi connectivity index (χ1) is 18.0. The van der Waals surface area contributed by atoms with Crippen molar-refractivity contribution in [2.45, 2.75) is 53.2 Å². The number of fused-ring (bicyclic) bond motifs is 2. The molecule has 1 aliphatic heterocycles. The number of hydrogen-bond donors (Lipinski definition) is 0. The molecule has 0 spiro atoms. The molecule has 6 nitrogen and oxygen atoms in total. The molecule has 0 amide bonds. The predicted molar refractivity (Wildman–Crippen MR) is 148 cm³/mol. The molecule has 0 radical (unpaired) electrons. The lowest BCUT2D eigenvalue weighted by atomic mass is 9.80. The van der Waals surface area contributed by atoms with Crippen LogP contribution in [0.25, 0.3) is 10.9 Å². The normalized spacial score (nSPS) is 16.6. The van der Waals surface area contributed by atoms with Gasteiger partial charge >= 0.3 is 5.97 Å². The minimum atomic E-state index is -1.23. The van der Waals surface area contributed by atoms with Crippen LogP contribution < -0.4 is 9.64 Å². The fourth-order valence-electron chi connectivity index (χ4n) is 5.83. The highest BCUT2D eigenvalue weighted by Gasteiger charge is 2.54. The van der Waals surface area contributed by atoms with Crippen molar-refractivity contribution in [2.24, 2.45) is 0 Å². The largest absolute Gasteiger partial charge is 0.493 e. The van der Waals surface area contributed by atoms with Gasteiger partial charge in [0, 0.05) is 65.3 Å². The van der Waals surface area contributed by atoms with Gasteiger partial charge in [-0.05, 0) is 64.4 Å². The SMILES string of the molecule is CCCn1c(C)c(C2(c3ccc(N(CC)CC)cc3OCC)OC(=O)c3cccnc32)c2ccccc21. The van der Waals surface area contributed by atoms with Crippen LogP contribution in [-0.2, 0) is 16.9 Å². The summed E-state index contributed by atoms with van der Waals surface area (Å²) < 4.78 is 15.1. The maximum Gasteiger partial charge on any atom is 0.341 e.